The Bertz CT molecular complexity index is 1520. The van der Waals surface area contributed by atoms with Crippen LogP contribution < -0.4 is 19.7 Å². The minimum absolute atomic E-state index is 0.0964. The predicted octanol–water partition coefficient (Wildman–Crippen LogP) is 4.19. The minimum Gasteiger partial charge on any atom is -0.480 e. The monoisotopic (exact) mass is 588 g/mol. The van der Waals surface area contributed by atoms with Crippen LogP contribution in [0.1, 0.15) is 46.7 Å². The highest BCUT2D eigenvalue weighted by molar-refractivity contribution is 6.30. The zero-order chi connectivity index (χ0) is 33.1. The number of halogens is 4. The number of hydrogen-bond donors (Lipinski definition) is 1. The Balaban J connectivity index is 1.31. The van der Waals surface area contributed by atoms with Crippen molar-refractivity contribution >= 4 is 28.3 Å². The third kappa shape index (κ3) is 5.31. The molecular formula is C27H34ClF3N6O3. The van der Waals surface area contributed by atoms with Gasteiger partial charge < -0.3 is 29.3 Å². The average Bonchev–Trinajstić information content (AvgIpc) is 3.67. The maximum Gasteiger partial charge on any atom is 0.319 e. The fourth-order valence-electron chi connectivity index (χ4n) is 6.28. The summed E-state index contributed by atoms with van der Waals surface area (Å²) in [6.45, 7) is 2.30. The zero-order valence-electron chi connectivity index (χ0n) is 27.7. The van der Waals surface area contributed by atoms with Gasteiger partial charge in [-0.15, -0.1) is 0 Å². The van der Waals surface area contributed by atoms with Crippen molar-refractivity contribution in [2.24, 2.45) is 5.41 Å². The molecule has 9 nitrogen and oxygen atoms in total. The number of piperidine rings is 1. The van der Waals surface area contributed by atoms with Gasteiger partial charge in [-0.05, 0) is 44.1 Å². The Labute approximate surface area is 244 Å². The lowest BCUT2D eigenvalue weighted by molar-refractivity contribution is 0.114. The third-order valence-corrected chi connectivity index (χ3v) is 8.83. The van der Waals surface area contributed by atoms with E-state index in [9.17, 15) is 8.78 Å². The van der Waals surface area contributed by atoms with Crippen LogP contribution in [0.5, 0.6) is 11.9 Å². The molecule has 4 aliphatic rings. The molecule has 0 radical (unpaired) electrons. The summed E-state index contributed by atoms with van der Waals surface area (Å²) in [6.07, 6.45) is 2.02. The molecule has 2 aromatic rings. The van der Waals surface area contributed by atoms with Crippen LogP contribution in [0.4, 0.5) is 19.0 Å². The molecule has 3 aliphatic heterocycles. The molecular weight excluding hydrogens is 549 g/mol. The first-order chi connectivity index (χ1) is 21.5. The number of nitrogens with zero attached hydrogens (tertiary/aromatic N) is 5. The smallest absolute Gasteiger partial charge is 0.319 e. The fourth-order valence-corrected chi connectivity index (χ4v) is 6.44. The first-order valence-corrected chi connectivity index (χ1v) is 13.7. The van der Waals surface area contributed by atoms with E-state index >= 15 is 4.39 Å². The molecule has 1 saturated carbocycles. The molecule has 0 amide bonds. The number of methoxy groups -OCH3 is 2. The lowest BCUT2D eigenvalue weighted by Gasteiger charge is -2.41. The van der Waals surface area contributed by atoms with E-state index < -0.39 is 42.5 Å². The Morgan fingerprint density at radius 1 is 1.15 bits per heavy atom. The molecule has 218 valence electrons. The Hall–Kier alpha value is -2.41. The molecule has 6 rings (SSSR count). The zero-order valence-corrected chi connectivity index (χ0v) is 22.5. The summed E-state index contributed by atoms with van der Waals surface area (Å²) in [5.74, 6) is -1.40. The number of piperazine rings is 1. The molecule has 4 fully saturated rings. The van der Waals surface area contributed by atoms with Crippen molar-refractivity contribution in [3.8, 4) is 11.9 Å². The quantitative estimate of drug-likeness (QED) is 0.434. The first kappa shape index (κ1) is 21.3. The molecule has 1 aliphatic carbocycles. The summed E-state index contributed by atoms with van der Waals surface area (Å²) in [5, 5.41) is 2.68. The third-order valence-electron chi connectivity index (χ3n) is 8.58. The van der Waals surface area contributed by atoms with Gasteiger partial charge in [-0.3, -0.25) is 0 Å². The minimum atomic E-state index is -2.95. The van der Waals surface area contributed by atoms with Crippen molar-refractivity contribution in [2.45, 2.75) is 50.1 Å². The number of aromatic nitrogens is 3. The van der Waals surface area contributed by atoms with Crippen LogP contribution >= 0.6 is 11.6 Å². The highest BCUT2D eigenvalue weighted by atomic mass is 35.5. The molecule has 1 N–H and O–H groups in total. The molecule has 13 heteroatoms. The molecule has 0 spiro atoms. The van der Waals surface area contributed by atoms with E-state index in [1.54, 1.807) is 4.90 Å². The van der Waals surface area contributed by atoms with Gasteiger partial charge in [0.15, 0.2) is 11.0 Å². The van der Waals surface area contributed by atoms with E-state index in [-0.39, 0.29) is 59.5 Å². The van der Waals surface area contributed by atoms with Gasteiger partial charge in [0.2, 0.25) is 5.88 Å². The number of ether oxygens (including phenoxy) is 3. The van der Waals surface area contributed by atoms with E-state index in [0.717, 1.165) is 12.8 Å². The summed E-state index contributed by atoms with van der Waals surface area (Å²) in [4.78, 5) is 16.7. The summed E-state index contributed by atoms with van der Waals surface area (Å²) >= 11 is 6.07. The molecule has 0 aromatic carbocycles. The van der Waals surface area contributed by atoms with Crippen molar-refractivity contribution in [3.05, 3.63) is 22.6 Å². The number of hydrogen-bond acceptors (Lipinski definition) is 9. The Kier molecular flexibility index (Phi) is 5.74. The molecule has 40 heavy (non-hydrogen) atoms. The van der Waals surface area contributed by atoms with Crippen molar-refractivity contribution in [3.63, 3.8) is 0 Å². The van der Waals surface area contributed by atoms with E-state index in [1.807, 2.05) is 0 Å². The second-order valence-electron chi connectivity index (χ2n) is 11.4. The average molecular weight is 589 g/mol. The van der Waals surface area contributed by atoms with Gasteiger partial charge in [-0.25, -0.2) is 4.39 Å². The van der Waals surface area contributed by atoms with Crippen LogP contribution in [0.2, 0.25) is 5.15 Å². The van der Waals surface area contributed by atoms with Gasteiger partial charge in [-0.1, -0.05) is 11.6 Å². The van der Waals surface area contributed by atoms with E-state index in [4.69, 9.17) is 34.0 Å². The van der Waals surface area contributed by atoms with Crippen LogP contribution in [0.3, 0.4) is 0 Å². The Morgan fingerprint density at radius 2 is 1.98 bits per heavy atom. The molecule has 2 atom stereocenters. The fraction of sp³-hybridized carbons (Fsp3) is 0.667. The largest absolute Gasteiger partial charge is 0.480 e. The van der Waals surface area contributed by atoms with Gasteiger partial charge in [0.1, 0.15) is 16.7 Å². The predicted molar refractivity (Wildman–Crippen MR) is 144 cm³/mol. The van der Waals surface area contributed by atoms with Gasteiger partial charge in [0.25, 0.3) is 6.08 Å². The van der Waals surface area contributed by atoms with Crippen LogP contribution in [0.25, 0.3) is 10.9 Å². The maximum atomic E-state index is 15.6. The van der Waals surface area contributed by atoms with Crippen LogP contribution in [-0.2, 0) is 4.74 Å². The number of nitrogens with one attached hydrogen (secondary N) is 1. The number of pyridine rings is 1. The SMILES string of the molecule is [2H]C([2H])([2H])OCC12CCC(CN(c3nc(OCC4(CN5CCC(=C(F)F)CC5)CC4)nc4c(F)c(Cl)nc(OC([2H])([2H])[2H])c34)C1)N2. The maximum absolute atomic E-state index is 15.6. The van der Waals surface area contributed by atoms with Gasteiger partial charge in [0, 0.05) is 51.2 Å². The van der Waals surface area contributed by atoms with Crippen molar-refractivity contribution < 1.29 is 35.6 Å². The van der Waals surface area contributed by atoms with Gasteiger partial charge in [-0.2, -0.15) is 23.7 Å². The van der Waals surface area contributed by atoms with Crippen LogP contribution in [0, 0.1) is 11.2 Å². The van der Waals surface area contributed by atoms with Crippen LogP contribution in [0.15, 0.2) is 11.7 Å². The van der Waals surface area contributed by atoms with Gasteiger partial charge in [0.05, 0.1) is 34.0 Å². The first-order valence-electron chi connectivity index (χ1n) is 16.3. The van der Waals surface area contributed by atoms with E-state index in [0.29, 0.717) is 51.9 Å². The summed E-state index contributed by atoms with van der Waals surface area (Å²) in [6, 6.07) is -0.266. The number of rotatable bonds is 9. The normalized spacial score (nSPS) is 28.8. The summed E-state index contributed by atoms with van der Waals surface area (Å²) in [5.41, 5.74) is -1.17. The molecule has 2 unspecified atom stereocenters. The molecule has 2 bridgehead atoms. The number of likely N-dealkylation sites (tertiary alicyclic amines) is 1. The van der Waals surface area contributed by atoms with Crippen molar-refractivity contribution in [2.75, 3.05) is 64.9 Å². The molecule has 5 heterocycles. The van der Waals surface area contributed by atoms with E-state index in [1.165, 1.54) is 0 Å². The standard InChI is InChI=1S/C27H34ClF3N6O3/c1-38-15-27-6-3-17(35-27)11-37(13-27)23-18-20(19(29)21(28)33-24(18)39-2)32-25(34-23)40-14-26(7-8-26)12-36-9-4-16(5-10-36)22(30)31/h17,35H,3-15H2,1-2H3/i1D3,2D3. The van der Waals surface area contributed by atoms with Crippen molar-refractivity contribution in [1.82, 2.24) is 25.2 Å². The molecule has 2 aromatic heterocycles. The number of fused-ring (bicyclic) bond motifs is 3. The topological polar surface area (TPSA) is 84.9 Å². The highest BCUT2D eigenvalue weighted by Crippen LogP contribution is 2.47. The molecule has 3 saturated heterocycles. The van der Waals surface area contributed by atoms with Crippen molar-refractivity contribution in [1.29, 1.82) is 0 Å². The van der Waals surface area contributed by atoms with Crippen LogP contribution in [-0.4, -0.2) is 91.4 Å². The van der Waals surface area contributed by atoms with E-state index in [2.05, 4.69) is 25.2 Å². The van der Waals surface area contributed by atoms with Gasteiger partial charge >= 0.3 is 6.01 Å². The lowest BCUT2D eigenvalue weighted by atomic mass is 9.98. The second kappa shape index (κ2) is 10.8. The summed E-state index contributed by atoms with van der Waals surface area (Å²) < 4.78 is 104. The second-order valence-corrected chi connectivity index (χ2v) is 11.8. The highest BCUT2D eigenvalue weighted by Gasteiger charge is 2.47. The number of anilines is 1. The Morgan fingerprint density at radius 3 is 2.70 bits per heavy atom. The lowest BCUT2D eigenvalue weighted by Crippen LogP contribution is -2.61. The summed E-state index contributed by atoms with van der Waals surface area (Å²) in [7, 11) is -5.57.